The Bertz CT molecular complexity index is 608. The minimum atomic E-state index is -1.18. The second-order valence-corrected chi connectivity index (χ2v) is 6.77. The number of halogens is 2. The van der Waals surface area contributed by atoms with Gasteiger partial charge in [-0.1, -0.05) is 23.2 Å². The Morgan fingerprint density at radius 2 is 2.00 bits per heavy atom. The van der Waals surface area contributed by atoms with Crippen molar-refractivity contribution in [2.45, 2.75) is 30.2 Å². The number of carboxylic acid groups (broad SMARTS) is 1. The summed E-state index contributed by atoms with van der Waals surface area (Å²) in [6.07, 6.45) is 2.95. The van der Waals surface area contributed by atoms with Gasteiger partial charge in [-0.2, -0.15) is 0 Å². The van der Waals surface area contributed by atoms with Crippen LogP contribution in [0.15, 0.2) is 17.0 Å². The number of amides is 1. The van der Waals surface area contributed by atoms with E-state index in [0.717, 1.165) is 4.90 Å². The molecule has 0 aliphatic carbocycles. The van der Waals surface area contributed by atoms with Gasteiger partial charge in [0.2, 0.25) is 0 Å². The predicted molar refractivity (Wildman–Crippen MR) is 84.6 cm³/mol. The molecule has 1 N–H and O–H groups in total. The molecule has 2 rings (SSSR count). The highest BCUT2D eigenvalue weighted by Crippen LogP contribution is 2.35. The molecule has 1 fully saturated rings. The molecular weight excluding hydrogens is 333 g/mol. The smallest absolute Gasteiger partial charge is 0.329 e. The average Bonchev–Trinajstić information content (AvgIpc) is 2.82. The van der Waals surface area contributed by atoms with E-state index in [0.29, 0.717) is 30.0 Å². The maximum absolute atomic E-state index is 12.7. The van der Waals surface area contributed by atoms with Crippen LogP contribution in [0.2, 0.25) is 10.0 Å². The van der Waals surface area contributed by atoms with Gasteiger partial charge in [0.15, 0.2) is 0 Å². The van der Waals surface area contributed by atoms with Crippen molar-refractivity contribution in [3.8, 4) is 0 Å². The number of hydrogen-bond donors (Lipinski definition) is 1. The molecule has 1 atom stereocenters. The molecule has 1 aliphatic rings. The van der Waals surface area contributed by atoms with Gasteiger partial charge in [-0.15, -0.1) is 11.8 Å². The van der Waals surface area contributed by atoms with Crippen molar-refractivity contribution in [2.24, 2.45) is 0 Å². The number of carboxylic acids is 1. The summed E-state index contributed by atoms with van der Waals surface area (Å²) in [5.41, 5.74) is -0.890. The molecule has 21 heavy (non-hydrogen) atoms. The molecule has 1 aliphatic heterocycles. The van der Waals surface area contributed by atoms with Crippen LogP contribution < -0.4 is 0 Å². The Morgan fingerprint density at radius 3 is 2.57 bits per heavy atom. The zero-order valence-electron chi connectivity index (χ0n) is 11.7. The Kier molecular flexibility index (Phi) is 4.76. The molecule has 0 radical (unpaired) electrons. The number of nitrogens with zero attached hydrogens (tertiary/aromatic N) is 1. The fraction of sp³-hybridized carbons (Fsp3) is 0.429. The summed E-state index contributed by atoms with van der Waals surface area (Å²) >= 11 is 13.6. The predicted octanol–water partition coefficient (Wildman–Crippen LogP) is 3.79. The average molecular weight is 348 g/mol. The van der Waals surface area contributed by atoms with Crippen LogP contribution in [-0.4, -0.2) is 40.2 Å². The number of thioether (sulfide) groups is 1. The van der Waals surface area contributed by atoms with E-state index in [-0.39, 0.29) is 10.9 Å². The molecular formula is C14H15Cl2NO3S. The van der Waals surface area contributed by atoms with Crippen LogP contribution >= 0.6 is 35.0 Å². The van der Waals surface area contributed by atoms with Crippen molar-refractivity contribution >= 4 is 46.8 Å². The first kappa shape index (κ1) is 16.5. The highest BCUT2D eigenvalue weighted by Gasteiger charge is 2.46. The quantitative estimate of drug-likeness (QED) is 0.845. The molecule has 114 valence electrons. The molecule has 0 aromatic heterocycles. The lowest BCUT2D eigenvalue weighted by molar-refractivity contribution is -0.147. The number of aliphatic carboxylic acids is 1. The van der Waals surface area contributed by atoms with E-state index in [9.17, 15) is 14.7 Å². The molecule has 1 aromatic carbocycles. The normalized spacial score (nSPS) is 21.6. The monoisotopic (exact) mass is 347 g/mol. The van der Waals surface area contributed by atoms with Gasteiger partial charge in [0.25, 0.3) is 5.91 Å². The summed E-state index contributed by atoms with van der Waals surface area (Å²) in [4.78, 5) is 26.3. The Hall–Kier alpha value is -0.910. The molecule has 0 spiro atoms. The summed E-state index contributed by atoms with van der Waals surface area (Å²) in [7, 11) is 0. The van der Waals surface area contributed by atoms with Crippen molar-refractivity contribution in [1.82, 2.24) is 4.90 Å². The maximum atomic E-state index is 12.7. The van der Waals surface area contributed by atoms with E-state index in [1.807, 2.05) is 6.26 Å². The molecule has 1 amide bonds. The lowest BCUT2D eigenvalue weighted by Gasteiger charge is -2.31. The number of benzene rings is 1. The van der Waals surface area contributed by atoms with Crippen LogP contribution in [-0.2, 0) is 4.79 Å². The Labute approximate surface area is 137 Å². The fourth-order valence-electron chi connectivity index (χ4n) is 2.51. The van der Waals surface area contributed by atoms with Gasteiger partial charge >= 0.3 is 5.97 Å². The minimum absolute atomic E-state index is 0.238. The number of carbonyl (C=O) groups is 2. The van der Waals surface area contributed by atoms with Crippen LogP contribution in [0.1, 0.15) is 30.1 Å². The molecule has 7 heteroatoms. The van der Waals surface area contributed by atoms with Gasteiger partial charge < -0.3 is 10.0 Å². The standard InChI is InChI=1S/C14H15Cl2NO3S/c1-14(13(19)20)4-3-5-17(14)12(18)8-6-11(21-2)10(16)7-9(8)15/h6-7H,3-5H2,1-2H3,(H,19,20). The Balaban J connectivity index is 2.43. The van der Waals surface area contributed by atoms with Crippen LogP contribution in [0, 0.1) is 0 Å². The number of rotatable bonds is 3. The second kappa shape index (κ2) is 6.07. The summed E-state index contributed by atoms with van der Waals surface area (Å²) in [5.74, 6) is -1.36. The Morgan fingerprint density at radius 1 is 1.33 bits per heavy atom. The molecule has 1 unspecified atom stereocenters. The van der Waals surface area contributed by atoms with E-state index >= 15 is 0 Å². The second-order valence-electron chi connectivity index (χ2n) is 5.11. The molecule has 1 saturated heterocycles. The summed E-state index contributed by atoms with van der Waals surface area (Å²) in [6.45, 7) is 1.98. The molecule has 1 aromatic rings. The number of hydrogen-bond acceptors (Lipinski definition) is 3. The molecule has 0 saturated carbocycles. The first-order valence-corrected chi connectivity index (χ1v) is 8.37. The van der Waals surface area contributed by atoms with Crippen LogP contribution in [0.4, 0.5) is 0 Å². The maximum Gasteiger partial charge on any atom is 0.329 e. The lowest BCUT2D eigenvalue weighted by Crippen LogP contribution is -2.50. The van der Waals surface area contributed by atoms with E-state index in [4.69, 9.17) is 23.2 Å². The third kappa shape index (κ3) is 2.87. The largest absolute Gasteiger partial charge is 0.480 e. The van der Waals surface area contributed by atoms with Crippen LogP contribution in [0.5, 0.6) is 0 Å². The summed E-state index contributed by atoms with van der Waals surface area (Å²) in [6, 6.07) is 3.15. The number of likely N-dealkylation sites (tertiary alicyclic amines) is 1. The van der Waals surface area contributed by atoms with Gasteiger partial charge in [0, 0.05) is 11.4 Å². The highest BCUT2D eigenvalue weighted by atomic mass is 35.5. The first-order chi connectivity index (χ1) is 9.81. The lowest BCUT2D eigenvalue weighted by atomic mass is 9.98. The minimum Gasteiger partial charge on any atom is -0.480 e. The van der Waals surface area contributed by atoms with Crippen molar-refractivity contribution in [2.75, 3.05) is 12.8 Å². The van der Waals surface area contributed by atoms with Crippen molar-refractivity contribution < 1.29 is 14.7 Å². The van der Waals surface area contributed by atoms with Crippen molar-refractivity contribution in [3.05, 3.63) is 27.7 Å². The van der Waals surface area contributed by atoms with Gasteiger partial charge in [-0.25, -0.2) is 4.79 Å². The van der Waals surface area contributed by atoms with Crippen LogP contribution in [0.25, 0.3) is 0 Å². The van der Waals surface area contributed by atoms with Gasteiger partial charge in [0.1, 0.15) is 5.54 Å². The fourth-order valence-corrected chi connectivity index (χ4v) is 3.69. The molecule has 4 nitrogen and oxygen atoms in total. The van der Waals surface area contributed by atoms with Crippen LogP contribution in [0.3, 0.4) is 0 Å². The van der Waals surface area contributed by atoms with E-state index in [1.54, 1.807) is 13.0 Å². The number of carbonyl (C=O) groups excluding carboxylic acids is 1. The van der Waals surface area contributed by atoms with E-state index in [1.165, 1.54) is 22.7 Å². The summed E-state index contributed by atoms with van der Waals surface area (Å²) in [5, 5.41) is 10.1. The van der Waals surface area contributed by atoms with E-state index in [2.05, 4.69) is 0 Å². The third-order valence-corrected chi connectivity index (χ3v) is 5.33. The SMILES string of the molecule is CSc1cc(C(=O)N2CCCC2(C)C(=O)O)c(Cl)cc1Cl. The topological polar surface area (TPSA) is 57.6 Å². The van der Waals surface area contributed by atoms with Crippen molar-refractivity contribution in [1.29, 1.82) is 0 Å². The third-order valence-electron chi connectivity index (χ3n) is 3.82. The van der Waals surface area contributed by atoms with E-state index < -0.39 is 11.5 Å². The van der Waals surface area contributed by atoms with Gasteiger partial charge in [0.05, 0.1) is 15.6 Å². The van der Waals surface area contributed by atoms with Gasteiger partial charge in [-0.3, -0.25) is 4.79 Å². The first-order valence-electron chi connectivity index (χ1n) is 6.39. The van der Waals surface area contributed by atoms with Crippen molar-refractivity contribution in [3.63, 3.8) is 0 Å². The molecule has 0 bridgehead atoms. The summed E-state index contributed by atoms with van der Waals surface area (Å²) < 4.78 is 0. The highest BCUT2D eigenvalue weighted by molar-refractivity contribution is 7.98. The zero-order valence-corrected chi connectivity index (χ0v) is 14.0. The van der Waals surface area contributed by atoms with Gasteiger partial charge in [-0.05, 0) is 38.2 Å². The zero-order chi connectivity index (χ0) is 15.8. The molecule has 1 heterocycles.